The Bertz CT molecular complexity index is 138. The molecule has 72 valence electrons. The minimum atomic E-state index is -0.422. The first-order valence-electron chi connectivity index (χ1n) is 5.12. The van der Waals surface area contributed by atoms with Gasteiger partial charge >= 0.3 is 0 Å². The van der Waals surface area contributed by atoms with Gasteiger partial charge in [-0.1, -0.05) is 26.7 Å². The molecule has 0 heterocycles. The molecule has 0 aliphatic heterocycles. The van der Waals surface area contributed by atoms with E-state index in [1.807, 2.05) is 0 Å². The van der Waals surface area contributed by atoms with Crippen molar-refractivity contribution in [1.29, 1.82) is 0 Å². The number of hydrogen-bond acceptors (Lipinski definition) is 2. The number of aliphatic hydroxyl groups is 1. The Labute approximate surface area is 75.4 Å². The molecule has 1 rings (SSSR count). The molecule has 0 radical (unpaired) electrons. The summed E-state index contributed by atoms with van der Waals surface area (Å²) in [6.45, 7) is 5.97. The van der Waals surface area contributed by atoms with Gasteiger partial charge in [0.25, 0.3) is 0 Å². The maximum Gasteiger partial charge on any atom is 0.0796 e. The highest BCUT2D eigenvalue weighted by Crippen LogP contribution is 2.32. The zero-order chi connectivity index (χ0) is 9.03. The first-order chi connectivity index (χ1) is 5.69. The second kappa shape index (κ2) is 4.24. The van der Waals surface area contributed by atoms with Crippen molar-refractivity contribution < 1.29 is 5.11 Å². The Morgan fingerprint density at radius 2 is 2.25 bits per heavy atom. The van der Waals surface area contributed by atoms with E-state index in [2.05, 4.69) is 19.2 Å². The fourth-order valence-electron chi connectivity index (χ4n) is 2.00. The molecule has 1 aliphatic rings. The van der Waals surface area contributed by atoms with Crippen LogP contribution in [0.4, 0.5) is 0 Å². The Morgan fingerprint density at radius 1 is 1.50 bits per heavy atom. The van der Waals surface area contributed by atoms with Crippen molar-refractivity contribution in [3.8, 4) is 0 Å². The van der Waals surface area contributed by atoms with Crippen LogP contribution in [0.2, 0.25) is 0 Å². The van der Waals surface area contributed by atoms with Gasteiger partial charge in [-0.25, -0.2) is 0 Å². The van der Waals surface area contributed by atoms with Crippen LogP contribution in [0.25, 0.3) is 0 Å². The first kappa shape index (κ1) is 10.0. The zero-order valence-corrected chi connectivity index (χ0v) is 8.27. The van der Waals surface area contributed by atoms with E-state index in [1.54, 1.807) is 0 Å². The van der Waals surface area contributed by atoms with Crippen LogP contribution in [0, 0.1) is 5.92 Å². The second-order valence-electron chi connectivity index (χ2n) is 4.03. The lowest BCUT2D eigenvalue weighted by Gasteiger charge is -2.38. The third kappa shape index (κ3) is 2.20. The highest BCUT2D eigenvalue weighted by Gasteiger charge is 2.35. The molecule has 0 aromatic rings. The van der Waals surface area contributed by atoms with Gasteiger partial charge in [0, 0.05) is 6.54 Å². The molecule has 0 saturated heterocycles. The van der Waals surface area contributed by atoms with Crippen molar-refractivity contribution in [3.63, 3.8) is 0 Å². The van der Waals surface area contributed by atoms with E-state index in [1.165, 1.54) is 19.3 Å². The molecule has 1 saturated carbocycles. The molecule has 2 nitrogen and oxygen atoms in total. The maximum absolute atomic E-state index is 10.2. The van der Waals surface area contributed by atoms with Crippen molar-refractivity contribution in [2.75, 3.05) is 13.1 Å². The summed E-state index contributed by atoms with van der Waals surface area (Å²) in [4.78, 5) is 0. The van der Waals surface area contributed by atoms with Gasteiger partial charge in [0.2, 0.25) is 0 Å². The third-order valence-corrected chi connectivity index (χ3v) is 3.10. The van der Waals surface area contributed by atoms with Crippen molar-refractivity contribution in [2.45, 2.75) is 45.1 Å². The smallest absolute Gasteiger partial charge is 0.0796 e. The second-order valence-corrected chi connectivity index (χ2v) is 4.03. The van der Waals surface area contributed by atoms with Crippen molar-refractivity contribution in [1.82, 2.24) is 5.32 Å². The SMILES string of the molecule is CCNCC1(O)CCCCC1C. The van der Waals surface area contributed by atoms with E-state index in [-0.39, 0.29) is 0 Å². The van der Waals surface area contributed by atoms with Crippen LogP contribution in [-0.2, 0) is 0 Å². The Morgan fingerprint density at radius 3 is 2.83 bits per heavy atom. The first-order valence-corrected chi connectivity index (χ1v) is 5.12. The molecule has 1 aliphatic carbocycles. The van der Waals surface area contributed by atoms with Crippen molar-refractivity contribution >= 4 is 0 Å². The summed E-state index contributed by atoms with van der Waals surface area (Å²) < 4.78 is 0. The standard InChI is InChI=1S/C10H21NO/c1-3-11-8-10(12)7-5-4-6-9(10)2/h9,11-12H,3-8H2,1-2H3. The monoisotopic (exact) mass is 171 g/mol. The zero-order valence-electron chi connectivity index (χ0n) is 8.27. The molecule has 2 unspecified atom stereocenters. The average molecular weight is 171 g/mol. The molecule has 0 spiro atoms. The van der Waals surface area contributed by atoms with Crippen LogP contribution in [0.5, 0.6) is 0 Å². The Hall–Kier alpha value is -0.0800. The van der Waals surface area contributed by atoms with Gasteiger partial charge in [-0.15, -0.1) is 0 Å². The number of nitrogens with one attached hydrogen (secondary N) is 1. The molecule has 0 bridgehead atoms. The summed E-state index contributed by atoms with van der Waals surface area (Å²) >= 11 is 0. The predicted molar refractivity (Wildman–Crippen MR) is 51.1 cm³/mol. The van der Waals surface area contributed by atoms with Gasteiger partial charge in [-0.2, -0.15) is 0 Å². The Balaban J connectivity index is 2.42. The molecule has 0 aromatic carbocycles. The average Bonchev–Trinajstić information content (AvgIpc) is 2.07. The minimum Gasteiger partial charge on any atom is -0.388 e. The van der Waals surface area contributed by atoms with Crippen LogP contribution in [0.15, 0.2) is 0 Å². The fraction of sp³-hybridized carbons (Fsp3) is 1.00. The molecule has 2 N–H and O–H groups in total. The Kier molecular flexibility index (Phi) is 3.53. The van der Waals surface area contributed by atoms with Crippen molar-refractivity contribution in [2.24, 2.45) is 5.92 Å². The lowest BCUT2D eigenvalue weighted by molar-refractivity contribution is -0.0389. The molecule has 1 fully saturated rings. The van der Waals surface area contributed by atoms with Crippen LogP contribution < -0.4 is 5.32 Å². The van der Waals surface area contributed by atoms with Gasteiger partial charge in [-0.3, -0.25) is 0 Å². The van der Waals surface area contributed by atoms with Gasteiger partial charge < -0.3 is 10.4 Å². The largest absolute Gasteiger partial charge is 0.388 e. The topological polar surface area (TPSA) is 32.3 Å². The maximum atomic E-state index is 10.2. The summed E-state index contributed by atoms with van der Waals surface area (Å²) in [5.41, 5.74) is -0.422. The highest BCUT2D eigenvalue weighted by molar-refractivity contribution is 4.89. The van der Waals surface area contributed by atoms with E-state index in [0.717, 1.165) is 19.5 Å². The predicted octanol–water partition coefficient (Wildman–Crippen LogP) is 1.54. The van der Waals surface area contributed by atoms with Crippen LogP contribution in [-0.4, -0.2) is 23.8 Å². The third-order valence-electron chi connectivity index (χ3n) is 3.10. The minimum absolute atomic E-state index is 0.422. The molecule has 2 heteroatoms. The quantitative estimate of drug-likeness (QED) is 0.675. The summed E-state index contributed by atoms with van der Waals surface area (Å²) in [7, 11) is 0. The van der Waals surface area contributed by atoms with Crippen molar-refractivity contribution in [3.05, 3.63) is 0 Å². The molecule has 0 amide bonds. The van der Waals surface area contributed by atoms with Gasteiger partial charge in [0.15, 0.2) is 0 Å². The summed E-state index contributed by atoms with van der Waals surface area (Å²) in [5, 5.41) is 13.4. The lowest BCUT2D eigenvalue weighted by Crippen LogP contribution is -2.47. The van der Waals surface area contributed by atoms with Gasteiger partial charge in [0.1, 0.15) is 0 Å². The molecule has 12 heavy (non-hydrogen) atoms. The van der Waals surface area contributed by atoms with Crippen LogP contribution in [0.3, 0.4) is 0 Å². The van der Waals surface area contributed by atoms with Crippen LogP contribution in [0.1, 0.15) is 39.5 Å². The van der Waals surface area contributed by atoms with Crippen LogP contribution >= 0.6 is 0 Å². The van der Waals surface area contributed by atoms with Gasteiger partial charge in [-0.05, 0) is 25.3 Å². The molecular weight excluding hydrogens is 150 g/mol. The van der Waals surface area contributed by atoms with E-state index in [4.69, 9.17) is 0 Å². The van der Waals surface area contributed by atoms with E-state index < -0.39 is 5.60 Å². The summed E-state index contributed by atoms with van der Waals surface area (Å²) in [5.74, 6) is 0.463. The highest BCUT2D eigenvalue weighted by atomic mass is 16.3. The summed E-state index contributed by atoms with van der Waals surface area (Å²) in [6, 6.07) is 0. The number of rotatable bonds is 3. The lowest BCUT2D eigenvalue weighted by atomic mass is 9.76. The van der Waals surface area contributed by atoms with E-state index in [9.17, 15) is 5.11 Å². The molecule has 2 atom stereocenters. The molecule has 0 aromatic heterocycles. The molecular formula is C10H21NO. The van der Waals surface area contributed by atoms with E-state index >= 15 is 0 Å². The normalized spacial score (nSPS) is 36.8. The number of hydrogen-bond donors (Lipinski definition) is 2. The summed E-state index contributed by atoms with van der Waals surface area (Å²) in [6.07, 6.45) is 4.63. The number of likely N-dealkylation sites (N-methyl/N-ethyl adjacent to an activating group) is 1. The van der Waals surface area contributed by atoms with E-state index in [0.29, 0.717) is 5.92 Å². The fourth-order valence-corrected chi connectivity index (χ4v) is 2.00. The van der Waals surface area contributed by atoms with Gasteiger partial charge in [0.05, 0.1) is 5.60 Å².